The molecule has 1 aliphatic carbocycles. The second-order valence-electron chi connectivity index (χ2n) is 4.88. The van der Waals surface area contributed by atoms with E-state index in [1.807, 2.05) is 16.8 Å². The molecule has 0 amide bonds. The van der Waals surface area contributed by atoms with Crippen LogP contribution >= 0.6 is 11.3 Å². The quantitative estimate of drug-likeness (QED) is 0.817. The highest BCUT2D eigenvalue weighted by Gasteiger charge is 2.33. The average molecular weight is 237 g/mol. The van der Waals surface area contributed by atoms with Crippen molar-refractivity contribution in [1.82, 2.24) is 0 Å². The minimum atomic E-state index is 0.0945. The topological polar surface area (TPSA) is 43.1 Å². The summed E-state index contributed by atoms with van der Waals surface area (Å²) in [5.41, 5.74) is 6.85. The van der Waals surface area contributed by atoms with Crippen molar-refractivity contribution in [1.29, 1.82) is 0 Å². The molecule has 1 aromatic heterocycles. The molecule has 0 aromatic carbocycles. The fourth-order valence-corrected chi connectivity index (χ4v) is 3.28. The first-order valence-corrected chi connectivity index (χ1v) is 6.96. The van der Waals surface area contributed by atoms with Crippen LogP contribution in [-0.4, -0.2) is 12.3 Å². The van der Waals surface area contributed by atoms with Crippen molar-refractivity contribution >= 4 is 17.1 Å². The molecule has 2 rings (SSSR count). The second kappa shape index (κ2) is 5.11. The highest BCUT2D eigenvalue weighted by molar-refractivity contribution is 7.08. The summed E-state index contributed by atoms with van der Waals surface area (Å²) in [5.74, 6) is 0.272. The molecule has 1 aliphatic rings. The Balaban J connectivity index is 2.03. The van der Waals surface area contributed by atoms with E-state index < -0.39 is 0 Å². The van der Waals surface area contributed by atoms with Crippen LogP contribution in [0.4, 0.5) is 0 Å². The van der Waals surface area contributed by atoms with Crippen LogP contribution in [0, 0.1) is 5.41 Å². The lowest BCUT2D eigenvalue weighted by Gasteiger charge is -2.35. The van der Waals surface area contributed by atoms with Crippen LogP contribution in [0.3, 0.4) is 0 Å². The van der Waals surface area contributed by atoms with Gasteiger partial charge in [-0.3, -0.25) is 4.79 Å². The van der Waals surface area contributed by atoms with Gasteiger partial charge in [-0.25, -0.2) is 0 Å². The predicted octanol–water partition coefficient (Wildman–Crippen LogP) is 3.23. The normalized spacial score (nSPS) is 19.6. The monoisotopic (exact) mass is 237 g/mol. The van der Waals surface area contributed by atoms with Gasteiger partial charge in [0.15, 0.2) is 5.78 Å². The zero-order chi connectivity index (χ0) is 11.4. The van der Waals surface area contributed by atoms with Gasteiger partial charge < -0.3 is 5.73 Å². The molecular formula is C13H19NOS. The Morgan fingerprint density at radius 3 is 2.69 bits per heavy atom. The van der Waals surface area contributed by atoms with Crippen molar-refractivity contribution in [3.05, 3.63) is 22.4 Å². The molecule has 88 valence electrons. The van der Waals surface area contributed by atoms with Crippen LogP contribution in [0.5, 0.6) is 0 Å². The smallest absolute Gasteiger partial charge is 0.164 e. The summed E-state index contributed by atoms with van der Waals surface area (Å²) in [6.45, 7) is 0.656. The minimum Gasteiger partial charge on any atom is -0.330 e. The summed E-state index contributed by atoms with van der Waals surface area (Å²) >= 11 is 1.58. The third-order valence-corrected chi connectivity index (χ3v) is 4.41. The summed E-state index contributed by atoms with van der Waals surface area (Å²) in [6, 6.07) is 1.92. The third-order valence-electron chi connectivity index (χ3n) is 3.73. The molecule has 1 aromatic rings. The first-order valence-electron chi connectivity index (χ1n) is 6.01. The van der Waals surface area contributed by atoms with E-state index in [2.05, 4.69) is 0 Å². The maximum Gasteiger partial charge on any atom is 0.164 e. The van der Waals surface area contributed by atoms with Gasteiger partial charge in [0.1, 0.15) is 0 Å². The Bertz CT molecular complexity index is 339. The minimum absolute atomic E-state index is 0.0945. The van der Waals surface area contributed by atoms with Crippen LogP contribution in [0.1, 0.15) is 48.9 Å². The zero-order valence-electron chi connectivity index (χ0n) is 9.58. The molecule has 0 saturated heterocycles. The predicted molar refractivity (Wildman–Crippen MR) is 67.8 cm³/mol. The molecule has 0 aliphatic heterocycles. The molecule has 2 N–H and O–H groups in total. The summed E-state index contributed by atoms with van der Waals surface area (Å²) < 4.78 is 0. The van der Waals surface area contributed by atoms with E-state index in [-0.39, 0.29) is 11.2 Å². The van der Waals surface area contributed by atoms with Crippen LogP contribution in [0.25, 0.3) is 0 Å². The van der Waals surface area contributed by atoms with Crippen molar-refractivity contribution in [3.8, 4) is 0 Å². The molecule has 3 heteroatoms. The Kier molecular flexibility index (Phi) is 3.77. The van der Waals surface area contributed by atoms with Crippen molar-refractivity contribution < 1.29 is 4.79 Å². The fourth-order valence-electron chi connectivity index (χ4n) is 2.62. The first kappa shape index (κ1) is 11.8. The number of ketones is 1. The van der Waals surface area contributed by atoms with E-state index in [9.17, 15) is 4.79 Å². The number of carbonyl (C=O) groups excluding carboxylic acids is 1. The molecule has 0 bridgehead atoms. The highest BCUT2D eigenvalue weighted by atomic mass is 32.1. The molecular weight excluding hydrogens is 218 g/mol. The molecule has 1 saturated carbocycles. The lowest BCUT2D eigenvalue weighted by atomic mass is 9.70. The average Bonchev–Trinajstić information content (AvgIpc) is 2.84. The number of hydrogen-bond donors (Lipinski definition) is 1. The zero-order valence-corrected chi connectivity index (χ0v) is 10.4. The van der Waals surface area contributed by atoms with Gasteiger partial charge in [0.25, 0.3) is 0 Å². The van der Waals surface area contributed by atoms with Crippen LogP contribution in [0.15, 0.2) is 16.8 Å². The summed E-state index contributed by atoms with van der Waals surface area (Å²) in [5, 5.41) is 3.90. The van der Waals surface area contributed by atoms with Crippen LogP contribution < -0.4 is 5.73 Å². The van der Waals surface area contributed by atoms with E-state index in [0.29, 0.717) is 13.0 Å². The largest absolute Gasteiger partial charge is 0.330 e. The molecule has 0 unspecified atom stereocenters. The van der Waals surface area contributed by atoms with Gasteiger partial charge in [0, 0.05) is 17.4 Å². The maximum absolute atomic E-state index is 12.1. The lowest BCUT2D eigenvalue weighted by Crippen LogP contribution is -2.35. The number of thiophene rings is 1. The van der Waals surface area contributed by atoms with Gasteiger partial charge >= 0.3 is 0 Å². The molecule has 1 heterocycles. The molecule has 0 atom stereocenters. The van der Waals surface area contributed by atoms with Crippen molar-refractivity contribution in [2.75, 3.05) is 6.54 Å². The Morgan fingerprint density at radius 1 is 1.38 bits per heavy atom. The van der Waals surface area contributed by atoms with Gasteiger partial charge in [0.05, 0.1) is 0 Å². The number of carbonyl (C=O) groups is 1. The van der Waals surface area contributed by atoms with E-state index in [1.165, 1.54) is 19.3 Å². The summed E-state index contributed by atoms with van der Waals surface area (Å²) in [7, 11) is 0. The second-order valence-corrected chi connectivity index (χ2v) is 5.66. The number of nitrogens with two attached hydrogens (primary N) is 1. The van der Waals surface area contributed by atoms with Crippen molar-refractivity contribution in [2.45, 2.75) is 38.5 Å². The molecule has 0 radical (unpaired) electrons. The van der Waals surface area contributed by atoms with Gasteiger partial charge in [-0.1, -0.05) is 19.3 Å². The molecule has 16 heavy (non-hydrogen) atoms. The van der Waals surface area contributed by atoms with E-state index in [0.717, 1.165) is 18.4 Å². The first-order chi connectivity index (χ1) is 7.76. The van der Waals surface area contributed by atoms with Gasteiger partial charge in [-0.15, -0.1) is 0 Å². The van der Waals surface area contributed by atoms with Gasteiger partial charge in [0.2, 0.25) is 0 Å². The van der Waals surface area contributed by atoms with Crippen molar-refractivity contribution in [3.63, 3.8) is 0 Å². The highest BCUT2D eigenvalue weighted by Crippen LogP contribution is 2.39. The van der Waals surface area contributed by atoms with E-state index in [1.54, 1.807) is 11.3 Å². The summed E-state index contributed by atoms with van der Waals surface area (Å²) in [4.78, 5) is 12.1. The van der Waals surface area contributed by atoms with Crippen molar-refractivity contribution in [2.24, 2.45) is 11.1 Å². The van der Waals surface area contributed by atoms with Crippen LogP contribution in [0.2, 0.25) is 0 Å². The Labute approximate surface area is 101 Å². The molecule has 1 fully saturated rings. The maximum atomic E-state index is 12.1. The van der Waals surface area contributed by atoms with Gasteiger partial charge in [-0.05, 0) is 36.2 Å². The van der Waals surface area contributed by atoms with Crippen LogP contribution in [-0.2, 0) is 0 Å². The lowest BCUT2D eigenvalue weighted by molar-refractivity contribution is 0.0868. The number of rotatable bonds is 4. The SMILES string of the molecule is NCC1(CC(=O)c2ccsc2)CCCCC1. The van der Waals surface area contributed by atoms with Gasteiger partial charge in [-0.2, -0.15) is 11.3 Å². The summed E-state index contributed by atoms with van der Waals surface area (Å²) in [6.07, 6.45) is 6.65. The Morgan fingerprint density at radius 2 is 2.12 bits per heavy atom. The number of Topliss-reactive ketones (excluding diaryl/α,β-unsaturated/α-hetero) is 1. The number of hydrogen-bond acceptors (Lipinski definition) is 3. The molecule has 0 spiro atoms. The third kappa shape index (κ3) is 2.53. The van der Waals surface area contributed by atoms with E-state index in [4.69, 9.17) is 5.73 Å². The van der Waals surface area contributed by atoms with E-state index >= 15 is 0 Å². The standard InChI is InChI=1S/C13H19NOS/c14-10-13(5-2-1-3-6-13)8-12(15)11-4-7-16-9-11/h4,7,9H,1-3,5-6,8,10,14H2. The molecule has 2 nitrogen and oxygen atoms in total. The Hall–Kier alpha value is -0.670. The fraction of sp³-hybridized carbons (Fsp3) is 0.615.